The fraction of sp³-hybridized carbons (Fsp3) is 0.818. The van der Waals surface area contributed by atoms with E-state index in [1.54, 1.807) is 0 Å². The van der Waals surface area contributed by atoms with Gasteiger partial charge in [0.25, 0.3) is 0 Å². The number of nitrogens with one attached hydrogen (secondary N) is 1. The summed E-state index contributed by atoms with van der Waals surface area (Å²) in [5, 5.41) is 2.68. The summed E-state index contributed by atoms with van der Waals surface area (Å²) in [4.78, 5) is 46.7. The van der Waals surface area contributed by atoms with Gasteiger partial charge < -0.3 is 29.0 Å². The van der Waals surface area contributed by atoms with Gasteiger partial charge in [0.1, 0.15) is 18.8 Å². The molecule has 1 rings (SSSR count). The first-order chi connectivity index (χ1) is 15.1. The average Bonchev–Trinajstić information content (AvgIpc) is 2.68. The molecule has 0 radical (unpaired) electrons. The highest BCUT2D eigenvalue weighted by molar-refractivity contribution is 5.73. The third kappa shape index (κ3) is 10.4. The highest BCUT2D eigenvalue weighted by Crippen LogP contribution is 2.28. The molecule has 0 aliphatic carbocycles. The molecular weight excluding hydrogens is 422 g/mol. The summed E-state index contributed by atoms with van der Waals surface area (Å²) in [6.45, 7) is 7.22. The second-order valence-electron chi connectivity index (χ2n) is 7.86. The Balaban J connectivity index is 3.01. The van der Waals surface area contributed by atoms with Crippen molar-refractivity contribution < 1.29 is 42.9 Å². The zero-order valence-corrected chi connectivity index (χ0v) is 19.7. The molecule has 0 saturated carbocycles. The zero-order chi connectivity index (χ0) is 24.1. The van der Waals surface area contributed by atoms with Gasteiger partial charge in [-0.3, -0.25) is 19.2 Å². The number of ether oxygens (including phenoxy) is 5. The number of unbranched alkanes of at least 4 members (excludes halogenated alkanes) is 5. The molecule has 0 aromatic rings. The van der Waals surface area contributed by atoms with Crippen LogP contribution in [0.15, 0.2) is 0 Å². The maximum absolute atomic E-state index is 11.9. The van der Waals surface area contributed by atoms with E-state index >= 15 is 0 Å². The van der Waals surface area contributed by atoms with Crippen LogP contribution in [0.2, 0.25) is 0 Å². The quantitative estimate of drug-likeness (QED) is 0.250. The lowest BCUT2D eigenvalue weighted by Crippen LogP contribution is -2.66. The summed E-state index contributed by atoms with van der Waals surface area (Å²) in [6, 6.07) is -0.922. The van der Waals surface area contributed by atoms with E-state index in [2.05, 4.69) is 12.2 Å². The first-order valence-corrected chi connectivity index (χ1v) is 11.2. The summed E-state index contributed by atoms with van der Waals surface area (Å²) in [5.41, 5.74) is 0. The van der Waals surface area contributed by atoms with Crippen LogP contribution in [-0.4, -0.2) is 67.7 Å². The van der Waals surface area contributed by atoms with Crippen LogP contribution in [0.5, 0.6) is 0 Å². The number of amides is 1. The lowest BCUT2D eigenvalue weighted by molar-refractivity contribution is -0.277. The SMILES string of the molecule is CCCCCCCCO[C@@H]1O[C@@H](COC(C)=O)[C@@H](OC(C)=O)[C@@H](OC(C)=O)[C@@H]1NC(C)=O. The second-order valence-corrected chi connectivity index (χ2v) is 7.86. The van der Waals surface area contributed by atoms with Crippen molar-refractivity contribution in [2.45, 2.75) is 104 Å². The Bertz CT molecular complexity index is 625. The predicted octanol–water partition coefficient (Wildman–Crippen LogP) is 2.02. The van der Waals surface area contributed by atoms with Crippen LogP contribution in [0.1, 0.15) is 73.1 Å². The largest absolute Gasteiger partial charge is 0.463 e. The minimum absolute atomic E-state index is 0.241. The van der Waals surface area contributed by atoms with E-state index in [0.717, 1.165) is 32.1 Å². The van der Waals surface area contributed by atoms with Crippen LogP contribution in [0, 0.1) is 0 Å². The van der Waals surface area contributed by atoms with E-state index < -0.39 is 54.5 Å². The number of carbonyl (C=O) groups excluding carboxylic acids is 4. The fourth-order valence-corrected chi connectivity index (χ4v) is 3.52. The van der Waals surface area contributed by atoms with Crippen molar-refractivity contribution in [1.82, 2.24) is 5.32 Å². The first-order valence-electron chi connectivity index (χ1n) is 11.2. The Kier molecular flexibility index (Phi) is 12.9. The van der Waals surface area contributed by atoms with Crippen LogP contribution >= 0.6 is 0 Å². The van der Waals surface area contributed by atoms with Crippen molar-refractivity contribution in [3.63, 3.8) is 0 Å². The number of rotatable bonds is 13. The zero-order valence-electron chi connectivity index (χ0n) is 19.7. The highest BCUT2D eigenvalue weighted by Gasteiger charge is 2.51. The summed E-state index contributed by atoms with van der Waals surface area (Å²) < 4.78 is 27.7. The molecule has 10 heteroatoms. The minimum atomic E-state index is -1.11. The maximum Gasteiger partial charge on any atom is 0.303 e. The van der Waals surface area contributed by atoms with Gasteiger partial charge in [0.2, 0.25) is 5.91 Å². The molecular formula is C22H37NO9. The van der Waals surface area contributed by atoms with Crippen LogP contribution in [-0.2, 0) is 42.9 Å². The molecule has 1 N–H and O–H groups in total. The third-order valence-corrected chi connectivity index (χ3v) is 4.85. The molecule has 10 nitrogen and oxygen atoms in total. The monoisotopic (exact) mass is 459 g/mol. The molecule has 1 amide bonds. The molecule has 1 aliphatic rings. The number of hydrogen-bond acceptors (Lipinski definition) is 9. The summed E-state index contributed by atoms with van der Waals surface area (Å²) >= 11 is 0. The van der Waals surface area contributed by atoms with Crippen LogP contribution in [0.3, 0.4) is 0 Å². The molecule has 0 aromatic heterocycles. The molecule has 184 valence electrons. The lowest BCUT2D eigenvalue weighted by Gasteiger charge is -2.44. The molecule has 1 aliphatic heterocycles. The minimum Gasteiger partial charge on any atom is -0.463 e. The van der Waals surface area contributed by atoms with E-state index in [4.69, 9.17) is 23.7 Å². The Morgan fingerprint density at radius 1 is 0.812 bits per heavy atom. The molecule has 1 saturated heterocycles. The van der Waals surface area contributed by atoms with Crippen LogP contribution in [0.4, 0.5) is 0 Å². The van der Waals surface area contributed by atoms with E-state index in [1.165, 1.54) is 34.1 Å². The molecule has 1 fully saturated rings. The van der Waals surface area contributed by atoms with Crippen molar-refractivity contribution in [1.29, 1.82) is 0 Å². The van der Waals surface area contributed by atoms with E-state index in [1.807, 2.05) is 0 Å². The van der Waals surface area contributed by atoms with Crippen molar-refractivity contribution in [3.8, 4) is 0 Å². The molecule has 0 spiro atoms. The second kappa shape index (κ2) is 14.8. The molecule has 32 heavy (non-hydrogen) atoms. The first kappa shape index (κ1) is 27.8. The maximum atomic E-state index is 11.9. The number of hydrogen-bond donors (Lipinski definition) is 1. The Hall–Kier alpha value is -2.20. The average molecular weight is 460 g/mol. The van der Waals surface area contributed by atoms with Gasteiger partial charge in [-0.1, -0.05) is 39.0 Å². The lowest BCUT2D eigenvalue weighted by atomic mass is 9.96. The fourth-order valence-electron chi connectivity index (χ4n) is 3.52. The van der Waals surface area contributed by atoms with E-state index in [0.29, 0.717) is 6.61 Å². The Morgan fingerprint density at radius 2 is 1.41 bits per heavy atom. The van der Waals surface area contributed by atoms with E-state index in [-0.39, 0.29) is 6.61 Å². The smallest absolute Gasteiger partial charge is 0.303 e. The Labute approximate surface area is 189 Å². The van der Waals surface area contributed by atoms with Crippen molar-refractivity contribution in [2.75, 3.05) is 13.2 Å². The highest BCUT2D eigenvalue weighted by atomic mass is 16.7. The molecule has 1 heterocycles. The summed E-state index contributed by atoms with van der Waals surface area (Å²) in [6.07, 6.45) is 2.23. The standard InChI is InChI=1S/C22H37NO9/c1-6-7-8-9-10-11-12-28-22-19(23-14(2)24)21(31-17(5)27)20(30-16(4)26)18(32-22)13-29-15(3)25/h18-22H,6-13H2,1-5H3,(H,23,24)/t18-,19-,20+,21-,22+/m0/s1. The van der Waals surface area contributed by atoms with Gasteiger partial charge in [0.05, 0.1) is 0 Å². The van der Waals surface area contributed by atoms with Gasteiger partial charge in [-0.2, -0.15) is 0 Å². The number of esters is 3. The van der Waals surface area contributed by atoms with Gasteiger partial charge in [0.15, 0.2) is 18.5 Å². The molecule has 0 aromatic carbocycles. The van der Waals surface area contributed by atoms with Crippen LogP contribution < -0.4 is 5.32 Å². The van der Waals surface area contributed by atoms with Crippen LogP contribution in [0.25, 0.3) is 0 Å². The summed E-state index contributed by atoms with van der Waals surface area (Å²) in [5.74, 6) is -2.22. The molecule has 5 atom stereocenters. The molecule has 0 unspecified atom stereocenters. The Morgan fingerprint density at radius 3 is 1.97 bits per heavy atom. The number of carbonyl (C=O) groups is 4. The topological polar surface area (TPSA) is 126 Å². The van der Waals surface area contributed by atoms with Gasteiger partial charge in [-0.25, -0.2) is 0 Å². The van der Waals surface area contributed by atoms with Crippen molar-refractivity contribution >= 4 is 23.8 Å². The molecule has 0 bridgehead atoms. The third-order valence-electron chi connectivity index (χ3n) is 4.85. The summed E-state index contributed by atoms with van der Waals surface area (Å²) in [7, 11) is 0. The van der Waals surface area contributed by atoms with Gasteiger partial charge >= 0.3 is 17.9 Å². The normalized spacial score (nSPS) is 25.0. The van der Waals surface area contributed by atoms with Crippen molar-refractivity contribution in [3.05, 3.63) is 0 Å². The van der Waals surface area contributed by atoms with Gasteiger partial charge in [0, 0.05) is 34.3 Å². The van der Waals surface area contributed by atoms with Gasteiger partial charge in [-0.05, 0) is 6.42 Å². The predicted molar refractivity (Wildman–Crippen MR) is 113 cm³/mol. The van der Waals surface area contributed by atoms with Gasteiger partial charge in [-0.15, -0.1) is 0 Å². The van der Waals surface area contributed by atoms with E-state index in [9.17, 15) is 19.2 Å². The van der Waals surface area contributed by atoms with Crippen molar-refractivity contribution in [2.24, 2.45) is 0 Å².